The van der Waals surface area contributed by atoms with Gasteiger partial charge in [0.2, 0.25) is 0 Å². The number of amides is 1. The summed E-state index contributed by atoms with van der Waals surface area (Å²) in [6, 6.07) is 12.4. The first-order chi connectivity index (χ1) is 12.8. The van der Waals surface area contributed by atoms with E-state index in [0.717, 1.165) is 0 Å². The Labute approximate surface area is 164 Å². The average Bonchev–Trinajstić information content (AvgIpc) is 2.61. The van der Waals surface area contributed by atoms with E-state index >= 15 is 0 Å². The van der Waals surface area contributed by atoms with E-state index in [1.807, 2.05) is 13.8 Å². The molecule has 0 radical (unpaired) electrons. The van der Waals surface area contributed by atoms with E-state index < -0.39 is 10.0 Å². The highest BCUT2D eigenvalue weighted by molar-refractivity contribution is 7.92. The van der Waals surface area contributed by atoms with Crippen LogP contribution >= 0.6 is 11.6 Å². The summed E-state index contributed by atoms with van der Waals surface area (Å²) >= 11 is 6.16. The van der Waals surface area contributed by atoms with Crippen molar-refractivity contribution in [3.63, 3.8) is 0 Å². The maximum absolute atomic E-state index is 12.3. The van der Waals surface area contributed by atoms with Gasteiger partial charge >= 0.3 is 0 Å². The largest absolute Gasteiger partial charge is 0.379 e. The Kier molecular flexibility index (Phi) is 7.65. The Morgan fingerprint density at radius 1 is 1.15 bits per heavy atom. The molecule has 8 heteroatoms. The van der Waals surface area contributed by atoms with Crippen LogP contribution in [0.5, 0.6) is 0 Å². The summed E-state index contributed by atoms with van der Waals surface area (Å²) in [5.74, 6) is -0.318. The summed E-state index contributed by atoms with van der Waals surface area (Å²) in [6.45, 7) is 4.92. The molecule has 0 fully saturated rings. The molecule has 0 unspecified atom stereocenters. The second kappa shape index (κ2) is 9.73. The predicted molar refractivity (Wildman–Crippen MR) is 107 cm³/mol. The first-order valence-electron chi connectivity index (χ1n) is 8.57. The molecule has 2 aromatic carbocycles. The lowest BCUT2D eigenvalue weighted by Crippen LogP contribution is -2.26. The Morgan fingerprint density at radius 3 is 2.48 bits per heavy atom. The van der Waals surface area contributed by atoms with E-state index in [2.05, 4.69) is 10.0 Å². The average molecular weight is 411 g/mol. The second-order valence-electron chi connectivity index (χ2n) is 6.14. The topological polar surface area (TPSA) is 84.5 Å². The third-order valence-electron chi connectivity index (χ3n) is 3.58. The van der Waals surface area contributed by atoms with Gasteiger partial charge in [0.15, 0.2) is 0 Å². The van der Waals surface area contributed by atoms with Crippen molar-refractivity contribution in [2.75, 3.05) is 17.9 Å². The van der Waals surface area contributed by atoms with Gasteiger partial charge in [-0.15, -0.1) is 0 Å². The van der Waals surface area contributed by atoms with E-state index in [1.54, 1.807) is 18.2 Å². The van der Waals surface area contributed by atoms with Crippen molar-refractivity contribution in [3.05, 3.63) is 59.1 Å². The van der Waals surface area contributed by atoms with E-state index in [4.69, 9.17) is 16.3 Å². The standard InChI is InChI=1S/C19H23ClN2O4S/c1-14(2)26-12-6-11-21-19(23)17-10-9-15(13-18(17)20)22-27(24,25)16-7-4-3-5-8-16/h3-5,7-10,13-14,22H,6,11-12H2,1-2H3,(H,21,23). The maximum atomic E-state index is 12.3. The van der Waals surface area contributed by atoms with Crippen LogP contribution in [0, 0.1) is 0 Å². The van der Waals surface area contributed by atoms with Crippen LogP contribution in [-0.2, 0) is 14.8 Å². The third kappa shape index (κ3) is 6.53. The van der Waals surface area contributed by atoms with Crippen LogP contribution < -0.4 is 10.0 Å². The molecule has 1 amide bonds. The van der Waals surface area contributed by atoms with Crippen molar-refractivity contribution >= 4 is 33.2 Å². The smallest absolute Gasteiger partial charge is 0.261 e. The van der Waals surface area contributed by atoms with Crippen LogP contribution in [0.1, 0.15) is 30.6 Å². The molecular weight excluding hydrogens is 388 g/mol. The zero-order valence-corrected chi connectivity index (χ0v) is 16.8. The molecule has 0 aliphatic rings. The monoisotopic (exact) mass is 410 g/mol. The van der Waals surface area contributed by atoms with Crippen LogP contribution in [0.2, 0.25) is 5.02 Å². The van der Waals surface area contributed by atoms with E-state index in [1.165, 1.54) is 30.3 Å². The molecule has 0 atom stereocenters. The zero-order valence-electron chi connectivity index (χ0n) is 15.2. The fraction of sp³-hybridized carbons (Fsp3) is 0.316. The molecule has 6 nitrogen and oxygen atoms in total. The van der Waals surface area contributed by atoms with Crippen molar-refractivity contribution in [3.8, 4) is 0 Å². The minimum atomic E-state index is -3.71. The lowest BCUT2D eigenvalue weighted by Gasteiger charge is -2.11. The predicted octanol–water partition coefficient (Wildman–Crippen LogP) is 3.69. The van der Waals surface area contributed by atoms with Gasteiger partial charge in [-0.1, -0.05) is 29.8 Å². The van der Waals surface area contributed by atoms with Gasteiger partial charge in [-0.3, -0.25) is 9.52 Å². The van der Waals surface area contributed by atoms with Gasteiger partial charge in [0.05, 0.1) is 27.3 Å². The number of rotatable bonds is 9. The summed E-state index contributed by atoms with van der Waals surface area (Å²) in [5, 5.41) is 2.93. The van der Waals surface area contributed by atoms with Crippen molar-refractivity contribution in [2.45, 2.75) is 31.3 Å². The lowest BCUT2D eigenvalue weighted by atomic mass is 10.2. The molecule has 0 saturated heterocycles. The molecule has 0 aliphatic carbocycles. The van der Waals surface area contributed by atoms with E-state index in [0.29, 0.717) is 19.6 Å². The van der Waals surface area contributed by atoms with Gasteiger partial charge in [-0.2, -0.15) is 0 Å². The quantitative estimate of drug-likeness (QED) is 0.617. The van der Waals surface area contributed by atoms with Crippen molar-refractivity contribution in [2.24, 2.45) is 0 Å². The molecular formula is C19H23ClN2O4S. The Bertz CT molecular complexity index is 871. The summed E-state index contributed by atoms with van der Waals surface area (Å²) in [4.78, 5) is 12.4. The highest BCUT2D eigenvalue weighted by atomic mass is 35.5. The number of carbonyl (C=O) groups excluding carboxylic acids is 1. The number of nitrogens with one attached hydrogen (secondary N) is 2. The molecule has 2 aromatic rings. The van der Waals surface area contributed by atoms with Crippen molar-refractivity contribution in [1.82, 2.24) is 5.32 Å². The molecule has 0 saturated carbocycles. The number of ether oxygens (including phenoxy) is 1. The van der Waals surface area contributed by atoms with Gasteiger partial charge in [0.25, 0.3) is 15.9 Å². The van der Waals surface area contributed by atoms with Gasteiger partial charge in [-0.25, -0.2) is 8.42 Å². The first-order valence-corrected chi connectivity index (χ1v) is 10.4. The van der Waals surface area contributed by atoms with Crippen LogP contribution in [-0.4, -0.2) is 33.6 Å². The number of anilines is 1. The Balaban J connectivity index is 1.98. The Morgan fingerprint density at radius 2 is 1.85 bits per heavy atom. The molecule has 27 heavy (non-hydrogen) atoms. The van der Waals surface area contributed by atoms with Gasteiger partial charge in [0, 0.05) is 13.2 Å². The summed E-state index contributed by atoms with van der Waals surface area (Å²) in [7, 11) is -3.71. The number of hydrogen-bond donors (Lipinski definition) is 2. The van der Waals surface area contributed by atoms with Gasteiger partial charge in [0.1, 0.15) is 0 Å². The van der Waals surface area contributed by atoms with Crippen LogP contribution in [0.3, 0.4) is 0 Å². The van der Waals surface area contributed by atoms with Crippen molar-refractivity contribution in [1.29, 1.82) is 0 Å². The van der Waals surface area contributed by atoms with Gasteiger partial charge < -0.3 is 10.1 Å². The van der Waals surface area contributed by atoms with Crippen LogP contribution in [0.25, 0.3) is 0 Å². The lowest BCUT2D eigenvalue weighted by molar-refractivity contribution is 0.0757. The molecule has 2 rings (SSSR count). The number of hydrogen-bond acceptors (Lipinski definition) is 4. The Hall–Kier alpha value is -2.09. The van der Waals surface area contributed by atoms with E-state index in [9.17, 15) is 13.2 Å². The minimum Gasteiger partial charge on any atom is -0.379 e. The SMILES string of the molecule is CC(C)OCCCNC(=O)c1ccc(NS(=O)(=O)c2ccccc2)cc1Cl. The first kappa shape index (κ1) is 21.2. The molecule has 0 spiro atoms. The fourth-order valence-corrected chi connectivity index (χ4v) is 3.60. The normalized spacial score (nSPS) is 11.4. The maximum Gasteiger partial charge on any atom is 0.261 e. The molecule has 146 valence electrons. The minimum absolute atomic E-state index is 0.145. The summed E-state index contributed by atoms with van der Waals surface area (Å²) in [6.07, 6.45) is 0.846. The molecule has 0 aliphatic heterocycles. The number of halogens is 1. The van der Waals surface area contributed by atoms with Crippen LogP contribution in [0.4, 0.5) is 5.69 Å². The molecule has 0 aromatic heterocycles. The van der Waals surface area contributed by atoms with E-state index in [-0.39, 0.29) is 33.2 Å². The van der Waals surface area contributed by atoms with Gasteiger partial charge in [-0.05, 0) is 50.6 Å². The number of carbonyl (C=O) groups is 1. The third-order valence-corrected chi connectivity index (χ3v) is 5.29. The zero-order chi connectivity index (χ0) is 19.9. The number of benzene rings is 2. The molecule has 0 bridgehead atoms. The fourth-order valence-electron chi connectivity index (χ4n) is 2.26. The molecule has 2 N–H and O–H groups in total. The highest BCUT2D eigenvalue weighted by Crippen LogP contribution is 2.23. The molecule has 0 heterocycles. The second-order valence-corrected chi connectivity index (χ2v) is 8.23. The van der Waals surface area contributed by atoms with Crippen molar-refractivity contribution < 1.29 is 17.9 Å². The van der Waals surface area contributed by atoms with Crippen LogP contribution in [0.15, 0.2) is 53.4 Å². The summed E-state index contributed by atoms with van der Waals surface area (Å²) in [5.41, 5.74) is 0.565. The summed E-state index contributed by atoms with van der Waals surface area (Å²) < 4.78 is 32.5. The highest BCUT2D eigenvalue weighted by Gasteiger charge is 2.16. The number of sulfonamides is 1.